The first kappa shape index (κ1) is 23.3. The quantitative estimate of drug-likeness (QED) is 0.314. The molecule has 0 unspecified atom stereocenters. The van der Waals surface area contributed by atoms with Crippen molar-refractivity contribution in [1.29, 1.82) is 0 Å². The smallest absolute Gasteiger partial charge is 0.249 e. The van der Waals surface area contributed by atoms with E-state index in [1.807, 2.05) is 23.5 Å². The lowest BCUT2D eigenvalue weighted by Crippen LogP contribution is -2.42. The third-order valence-electron chi connectivity index (χ3n) is 7.66. The number of carbonyl (C=O) groups is 1. The Hall–Kier alpha value is -2.11. The molecule has 35 heavy (non-hydrogen) atoms. The van der Waals surface area contributed by atoms with E-state index in [-0.39, 0.29) is 11.2 Å². The average Bonchev–Trinajstić information content (AvgIpc) is 3.01. The summed E-state index contributed by atoms with van der Waals surface area (Å²) in [6.07, 6.45) is 8.10. The summed E-state index contributed by atoms with van der Waals surface area (Å²) in [4.78, 5) is 16.7. The van der Waals surface area contributed by atoms with Crippen LogP contribution in [0.1, 0.15) is 61.3 Å². The van der Waals surface area contributed by atoms with Gasteiger partial charge in [-0.25, -0.2) is 0 Å². The van der Waals surface area contributed by atoms with Gasteiger partial charge in [-0.15, -0.1) is 11.8 Å². The molecule has 3 aromatic carbocycles. The highest BCUT2D eigenvalue weighted by Crippen LogP contribution is 2.63. The van der Waals surface area contributed by atoms with Gasteiger partial charge in [0.25, 0.3) is 0 Å². The number of carbonyl (C=O) groups excluding carboxylic acids is 1. The number of para-hydroxylation sites is 1. The van der Waals surface area contributed by atoms with Gasteiger partial charge in [-0.3, -0.25) is 4.79 Å². The molecule has 3 nitrogen and oxygen atoms in total. The molecule has 0 saturated carbocycles. The number of ether oxygens (including phenoxy) is 1. The highest BCUT2D eigenvalue weighted by molar-refractivity contribution is 8.05. The van der Waals surface area contributed by atoms with Crippen molar-refractivity contribution in [3.8, 4) is 5.75 Å². The summed E-state index contributed by atoms with van der Waals surface area (Å²) in [5, 5.41) is 2.44. The number of thioether (sulfide) groups is 2. The van der Waals surface area contributed by atoms with Gasteiger partial charge in [0.15, 0.2) is 0 Å². The summed E-state index contributed by atoms with van der Waals surface area (Å²) >= 11 is 3.84. The molecule has 0 radical (unpaired) electrons. The summed E-state index contributed by atoms with van der Waals surface area (Å²) in [5.41, 5.74) is 3.52. The zero-order valence-corrected chi connectivity index (χ0v) is 21.8. The predicted molar refractivity (Wildman–Crippen MR) is 150 cm³/mol. The SMILES string of the molecule is O=C1N2CCCCCCCCOc3ccc4ccccc4c3[C@H]3SCCCS[C@]13c1ccccc12. The van der Waals surface area contributed by atoms with Gasteiger partial charge >= 0.3 is 0 Å². The Morgan fingerprint density at radius 3 is 2.57 bits per heavy atom. The molecule has 5 heteroatoms. The summed E-state index contributed by atoms with van der Waals surface area (Å²) in [6.45, 7) is 1.55. The molecule has 1 saturated heterocycles. The van der Waals surface area contributed by atoms with Crippen LogP contribution in [0.2, 0.25) is 0 Å². The lowest BCUT2D eigenvalue weighted by atomic mass is 9.88. The number of nitrogens with zero attached hydrogens (tertiary/aromatic N) is 1. The van der Waals surface area contributed by atoms with Crippen LogP contribution >= 0.6 is 23.5 Å². The summed E-state index contributed by atoms with van der Waals surface area (Å²) in [6, 6.07) is 21.5. The summed E-state index contributed by atoms with van der Waals surface area (Å²) < 4.78 is 5.92. The van der Waals surface area contributed by atoms with Crippen LogP contribution in [0.25, 0.3) is 10.8 Å². The Morgan fingerprint density at radius 2 is 1.63 bits per heavy atom. The topological polar surface area (TPSA) is 29.5 Å². The molecule has 182 valence electrons. The maximum absolute atomic E-state index is 14.6. The normalized spacial score (nSPS) is 25.4. The number of benzene rings is 3. The molecule has 2 bridgehead atoms. The predicted octanol–water partition coefficient (Wildman–Crippen LogP) is 7.73. The Labute approximate surface area is 217 Å². The van der Waals surface area contributed by atoms with E-state index < -0.39 is 4.75 Å². The van der Waals surface area contributed by atoms with Crippen LogP contribution in [-0.2, 0) is 9.54 Å². The fourth-order valence-corrected chi connectivity index (χ4v) is 9.42. The molecule has 3 aliphatic heterocycles. The van der Waals surface area contributed by atoms with Gasteiger partial charge in [0.05, 0.1) is 11.9 Å². The molecule has 3 aromatic rings. The van der Waals surface area contributed by atoms with Crippen molar-refractivity contribution in [2.75, 3.05) is 29.6 Å². The third kappa shape index (κ3) is 4.05. The van der Waals surface area contributed by atoms with E-state index in [0.29, 0.717) is 0 Å². The van der Waals surface area contributed by atoms with Crippen molar-refractivity contribution in [1.82, 2.24) is 0 Å². The molecule has 2 atom stereocenters. The van der Waals surface area contributed by atoms with Crippen LogP contribution in [0.15, 0.2) is 60.7 Å². The van der Waals surface area contributed by atoms with Crippen molar-refractivity contribution in [3.63, 3.8) is 0 Å². The summed E-state index contributed by atoms with van der Waals surface area (Å²) in [7, 11) is 0. The highest BCUT2D eigenvalue weighted by atomic mass is 32.2. The molecule has 3 aliphatic rings. The molecular formula is C30H33NO2S2. The van der Waals surface area contributed by atoms with Crippen LogP contribution in [0.5, 0.6) is 5.75 Å². The first-order valence-electron chi connectivity index (χ1n) is 13.1. The number of rotatable bonds is 0. The minimum absolute atomic E-state index is 0.000113. The number of hydrogen-bond donors (Lipinski definition) is 0. The Morgan fingerprint density at radius 1 is 0.829 bits per heavy atom. The first-order valence-corrected chi connectivity index (χ1v) is 15.2. The highest BCUT2D eigenvalue weighted by Gasteiger charge is 2.57. The van der Waals surface area contributed by atoms with Crippen LogP contribution in [-0.4, -0.2) is 30.6 Å². The second kappa shape index (κ2) is 10.1. The molecule has 1 amide bonds. The van der Waals surface area contributed by atoms with Gasteiger partial charge in [-0.2, -0.15) is 11.8 Å². The van der Waals surface area contributed by atoms with Crippen molar-refractivity contribution in [2.45, 2.75) is 54.9 Å². The van der Waals surface area contributed by atoms with E-state index in [0.717, 1.165) is 55.4 Å². The van der Waals surface area contributed by atoms with Crippen molar-refractivity contribution >= 4 is 45.9 Å². The number of fused-ring (bicyclic) bond motifs is 7. The van der Waals surface area contributed by atoms with Crippen molar-refractivity contribution in [2.24, 2.45) is 0 Å². The monoisotopic (exact) mass is 503 g/mol. The van der Waals surface area contributed by atoms with E-state index >= 15 is 0 Å². The first-order chi connectivity index (χ1) is 17.3. The fraction of sp³-hybridized carbons (Fsp3) is 0.433. The van der Waals surface area contributed by atoms with Gasteiger partial charge in [-0.1, -0.05) is 74.2 Å². The molecule has 0 N–H and O–H groups in total. The third-order valence-corrected chi connectivity index (χ3v) is 10.8. The Kier molecular flexibility index (Phi) is 6.72. The van der Waals surface area contributed by atoms with E-state index in [2.05, 4.69) is 65.6 Å². The molecule has 1 spiro atoms. The van der Waals surface area contributed by atoms with E-state index in [1.165, 1.54) is 47.6 Å². The minimum atomic E-state index is -0.625. The van der Waals surface area contributed by atoms with E-state index in [9.17, 15) is 4.79 Å². The lowest BCUT2D eigenvalue weighted by Gasteiger charge is -2.36. The Bertz CT molecular complexity index is 1230. The van der Waals surface area contributed by atoms with Crippen molar-refractivity contribution in [3.05, 3.63) is 71.8 Å². The zero-order valence-electron chi connectivity index (χ0n) is 20.2. The molecule has 3 heterocycles. The molecular weight excluding hydrogens is 470 g/mol. The van der Waals surface area contributed by atoms with Gasteiger partial charge in [0, 0.05) is 23.4 Å². The van der Waals surface area contributed by atoms with E-state index in [1.54, 1.807) is 0 Å². The standard InChI is InChI=1S/C30H33NO2S2/c32-29-30-24-14-7-8-15-25(24)31(29)18-9-3-1-2-4-10-19-33-26-17-16-22-12-5-6-13-23(22)27(26)28(30)34-20-11-21-35-30/h5-8,12-17,28H,1-4,9-11,18-21H2/t28-,30+/m1/s1. The number of hydrogen-bond acceptors (Lipinski definition) is 4. The van der Waals surface area contributed by atoms with Crippen molar-refractivity contribution < 1.29 is 9.53 Å². The number of anilines is 1. The molecule has 0 aromatic heterocycles. The van der Waals surface area contributed by atoms with Crippen LogP contribution in [0.3, 0.4) is 0 Å². The van der Waals surface area contributed by atoms with E-state index in [4.69, 9.17) is 4.74 Å². The van der Waals surface area contributed by atoms with Crippen LogP contribution in [0.4, 0.5) is 5.69 Å². The summed E-state index contributed by atoms with van der Waals surface area (Å²) in [5.74, 6) is 3.29. The van der Waals surface area contributed by atoms with Crippen LogP contribution in [0, 0.1) is 0 Å². The van der Waals surface area contributed by atoms with Gasteiger partial charge < -0.3 is 9.64 Å². The largest absolute Gasteiger partial charge is 0.493 e. The lowest BCUT2D eigenvalue weighted by molar-refractivity contribution is -0.120. The zero-order chi connectivity index (χ0) is 23.7. The number of amides is 1. The van der Waals surface area contributed by atoms with Gasteiger partial charge in [-0.05, 0) is 53.7 Å². The van der Waals surface area contributed by atoms with Gasteiger partial charge in [0.1, 0.15) is 10.5 Å². The Balaban J connectivity index is 1.59. The molecule has 6 rings (SSSR count). The van der Waals surface area contributed by atoms with Gasteiger partial charge in [0.2, 0.25) is 5.91 Å². The fourth-order valence-electron chi connectivity index (χ4n) is 5.97. The molecule has 0 aliphatic carbocycles. The maximum Gasteiger partial charge on any atom is 0.249 e. The average molecular weight is 504 g/mol. The maximum atomic E-state index is 14.6. The second-order valence-corrected chi connectivity index (χ2v) is 12.4. The minimum Gasteiger partial charge on any atom is -0.493 e. The second-order valence-electron chi connectivity index (χ2n) is 9.83. The van der Waals surface area contributed by atoms with Crippen LogP contribution < -0.4 is 9.64 Å². The molecule has 1 fully saturated rings.